The first-order valence-corrected chi connectivity index (χ1v) is 14.7. The minimum atomic E-state index is -1.12. The maximum atomic E-state index is 14.1. The molecule has 4 rings (SSSR count). The monoisotopic (exact) mass is 584 g/mol. The number of carbonyl (C=O) groups is 5. The van der Waals surface area contributed by atoms with Gasteiger partial charge in [0.05, 0.1) is 17.7 Å². The zero-order chi connectivity index (χ0) is 30.8. The van der Waals surface area contributed by atoms with Crippen LogP contribution in [0.5, 0.6) is 0 Å². The number of alkyl carbamates (subject to hydrolysis) is 1. The highest BCUT2D eigenvalue weighted by Crippen LogP contribution is 2.65. The lowest BCUT2D eigenvalue weighted by Crippen LogP contribution is -2.60. The number of piperidine rings is 1. The zero-order valence-electron chi connectivity index (χ0n) is 25.3. The van der Waals surface area contributed by atoms with E-state index in [1.165, 1.54) is 4.90 Å². The largest absolute Gasteiger partial charge is 0.445 e. The summed E-state index contributed by atoms with van der Waals surface area (Å²) in [6, 6.07) is 6.39. The smallest absolute Gasteiger partial charge is 0.408 e. The summed E-state index contributed by atoms with van der Waals surface area (Å²) in [4.78, 5) is 66.2. The van der Waals surface area contributed by atoms with Crippen LogP contribution in [0.3, 0.4) is 0 Å². The molecule has 2 aliphatic heterocycles. The van der Waals surface area contributed by atoms with Crippen molar-refractivity contribution >= 4 is 30.1 Å². The van der Waals surface area contributed by atoms with Crippen molar-refractivity contribution < 1.29 is 33.4 Å². The highest BCUT2D eigenvalue weighted by Gasteiger charge is 2.69. The number of carbonyl (C=O) groups excluding carboxylic acids is 5. The number of hydrogen-bond acceptors (Lipinski definition) is 7. The fraction of sp³-hybridized carbons (Fsp3) is 0.645. The molecule has 230 valence electrons. The Morgan fingerprint density at radius 1 is 1.17 bits per heavy atom. The molecule has 11 nitrogen and oxygen atoms in total. The van der Waals surface area contributed by atoms with Crippen LogP contribution >= 0.6 is 0 Å². The zero-order valence-corrected chi connectivity index (χ0v) is 25.3. The summed E-state index contributed by atoms with van der Waals surface area (Å²) in [6.07, 6.45) is -0.0637. The minimum absolute atomic E-state index is 0.0290. The second kappa shape index (κ2) is 12.4. The minimum Gasteiger partial charge on any atom is -0.445 e. The van der Waals surface area contributed by atoms with E-state index in [2.05, 4.69) is 29.8 Å². The SMILES string of the molecule is C[C@@H](OC(C)(C)C)[C@H](NC(=O)OCc1ccccc1)C(=O)N1C[C@H]2[C@@H]([C@H]1C(=O)N[C@H](C=O)C[C@@H]1CCNC1=O)C2(C)C. The van der Waals surface area contributed by atoms with E-state index in [1.807, 2.05) is 51.1 Å². The van der Waals surface area contributed by atoms with E-state index >= 15 is 0 Å². The summed E-state index contributed by atoms with van der Waals surface area (Å²) in [5.74, 6) is -1.38. The first-order chi connectivity index (χ1) is 19.7. The van der Waals surface area contributed by atoms with Crippen molar-refractivity contribution in [3.8, 4) is 0 Å². The topological polar surface area (TPSA) is 143 Å². The highest BCUT2D eigenvalue weighted by molar-refractivity contribution is 5.94. The third-order valence-corrected chi connectivity index (χ3v) is 8.71. The molecule has 0 bridgehead atoms. The molecule has 42 heavy (non-hydrogen) atoms. The van der Waals surface area contributed by atoms with Crippen molar-refractivity contribution in [3.63, 3.8) is 0 Å². The predicted molar refractivity (Wildman–Crippen MR) is 154 cm³/mol. The Balaban J connectivity index is 1.50. The molecule has 2 saturated heterocycles. The third kappa shape index (κ3) is 7.11. The number of rotatable bonds is 11. The third-order valence-electron chi connectivity index (χ3n) is 8.71. The summed E-state index contributed by atoms with van der Waals surface area (Å²) in [6.45, 7) is 12.3. The van der Waals surface area contributed by atoms with Crippen LogP contribution in [-0.2, 0) is 35.3 Å². The number of nitrogens with zero attached hydrogens (tertiary/aromatic N) is 1. The van der Waals surface area contributed by atoms with Gasteiger partial charge in [0, 0.05) is 19.0 Å². The molecule has 1 aromatic rings. The quantitative estimate of drug-likeness (QED) is 0.338. The van der Waals surface area contributed by atoms with Gasteiger partial charge >= 0.3 is 6.09 Å². The van der Waals surface area contributed by atoms with Crippen LogP contribution in [0.2, 0.25) is 0 Å². The number of hydrogen-bond donors (Lipinski definition) is 3. The molecule has 0 radical (unpaired) electrons. The molecule has 3 fully saturated rings. The number of fused-ring (bicyclic) bond motifs is 1. The number of ether oxygens (including phenoxy) is 2. The maximum Gasteiger partial charge on any atom is 0.408 e. The summed E-state index contributed by atoms with van der Waals surface area (Å²) in [7, 11) is 0. The Morgan fingerprint density at radius 2 is 1.86 bits per heavy atom. The Morgan fingerprint density at radius 3 is 2.45 bits per heavy atom. The second-order valence-corrected chi connectivity index (χ2v) is 13.3. The molecule has 2 heterocycles. The van der Waals surface area contributed by atoms with Crippen molar-refractivity contribution in [1.82, 2.24) is 20.9 Å². The van der Waals surface area contributed by atoms with E-state index < -0.39 is 47.7 Å². The molecule has 1 aliphatic carbocycles. The van der Waals surface area contributed by atoms with Crippen LogP contribution in [0.1, 0.15) is 59.9 Å². The van der Waals surface area contributed by atoms with Gasteiger partial charge in [-0.1, -0.05) is 44.2 Å². The molecule has 11 heteroatoms. The number of amides is 4. The van der Waals surface area contributed by atoms with E-state index in [0.717, 1.165) is 5.56 Å². The van der Waals surface area contributed by atoms with Gasteiger partial charge in [-0.2, -0.15) is 0 Å². The van der Waals surface area contributed by atoms with Crippen LogP contribution < -0.4 is 16.0 Å². The Kier molecular flexibility index (Phi) is 9.30. The standard InChI is InChI=1S/C31H44N4O7/c1-18(42-30(2,3)4)24(34-29(40)41-17-19-10-8-7-9-11-19)28(39)35-15-22-23(31(22,5)6)25(35)27(38)33-21(16-36)14-20-12-13-32-26(20)37/h7-11,16,18,20-25H,12-15,17H2,1-6H3,(H,32,37)(H,33,38)(H,34,40)/t18-,20+,21+,22+,23+,24+,25+/m1/s1. The predicted octanol–water partition coefficient (Wildman–Crippen LogP) is 2.18. The molecular weight excluding hydrogens is 540 g/mol. The first-order valence-electron chi connectivity index (χ1n) is 14.7. The van der Waals surface area contributed by atoms with Crippen molar-refractivity contribution in [2.45, 2.75) is 90.8 Å². The molecule has 4 amide bonds. The van der Waals surface area contributed by atoms with E-state index in [0.29, 0.717) is 25.8 Å². The van der Waals surface area contributed by atoms with Crippen molar-refractivity contribution in [2.24, 2.45) is 23.2 Å². The average Bonchev–Trinajstić information content (AvgIpc) is 3.27. The van der Waals surface area contributed by atoms with Gasteiger partial charge in [0.25, 0.3) is 0 Å². The van der Waals surface area contributed by atoms with E-state index in [9.17, 15) is 24.0 Å². The number of aldehydes is 1. The molecule has 0 unspecified atom stereocenters. The highest BCUT2D eigenvalue weighted by atomic mass is 16.6. The molecule has 1 saturated carbocycles. The Labute approximate surface area is 247 Å². The molecule has 3 N–H and O–H groups in total. The van der Waals surface area contributed by atoms with Gasteiger partial charge in [0.15, 0.2) is 0 Å². The van der Waals surface area contributed by atoms with Crippen molar-refractivity contribution in [3.05, 3.63) is 35.9 Å². The number of likely N-dealkylation sites (tertiary alicyclic amines) is 1. The van der Waals surface area contributed by atoms with Gasteiger partial charge in [-0.05, 0) is 63.4 Å². The van der Waals surface area contributed by atoms with Crippen LogP contribution in [-0.4, -0.2) is 77.9 Å². The lowest BCUT2D eigenvalue weighted by molar-refractivity contribution is -0.147. The summed E-state index contributed by atoms with van der Waals surface area (Å²) in [5.41, 5.74) is 0.0302. The Bertz CT molecular complexity index is 1180. The molecule has 1 aromatic carbocycles. The fourth-order valence-electron chi connectivity index (χ4n) is 6.48. The molecule has 7 atom stereocenters. The molecular formula is C31H44N4O7. The van der Waals surface area contributed by atoms with Gasteiger partial charge in [-0.15, -0.1) is 0 Å². The van der Waals surface area contributed by atoms with Crippen LogP contribution in [0.15, 0.2) is 30.3 Å². The number of nitrogens with one attached hydrogen (secondary N) is 3. The van der Waals surface area contributed by atoms with Gasteiger partial charge in [-0.3, -0.25) is 14.4 Å². The summed E-state index contributed by atoms with van der Waals surface area (Å²) in [5, 5.41) is 8.24. The fourth-order valence-corrected chi connectivity index (χ4v) is 6.48. The van der Waals surface area contributed by atoms with Crippen molar-refractivity contribution in [2.75, 3.05) is 13.1 Å². The lowest BCUT2D eigenvalue weighted by Gasteiger charge is -2.36. The van der Waals surface area contributed by atoms with Crippen LogP contribution in [0.25, 0.3) is 0 Å². The first kappa shape index (κ1) is 31.5. The van der Waals surface area contributed by atoms with Crippen LogP contribution in [0, 0.1) is 23.2 Å². The lowest BCUT2D eigenvalue weighted by atomic mass is 9.97. The van der Waals surface area contributed by atoms with E-state index in [4.69, 9.17) is 9.47 Å². The van der Waals surface area contributed by atoms with Gasteiger partial charge in [-0.25, -0.2) is 4.79 Å². The van der Waals surface area contributed by atoms with Gasteiger partial charge in [0.2, 0.25) is 17.7 Å². The summed E-state index contributed by atoms with van der Waals surface area (Å²) >= 11 is 0. The molecule has 3 aliphatic rings. The molecule has 0 aromatic heterocycles. The number of benzene rings is 1. The normalized spacial score (nSPS) is 26.3. The van der Waals surface area contributed by atoms with E-state index in [-0.39, 0.29) is 42.1 Å². The molecule has 0 spiro atoms. The maximum absolute atomic E-state index is 14.1. The van der Waals surface area contributed by atoms with E-state index in [1.54, 1.807) is 6.92 Å². The van der Waals surface area contributed by atoms with Gasteiger partial charge < -0.3 is 35.1 Å². The van der Waals surface area contributed by atoms with Crippen LogP contribution in [0.4, 0.5) is 4.79 Å². The average molecular weight is 585 g/mol. The van der Waals surface area contributed by atoms with Gasteiger partial charge in [0.1, 0.15) is 25.0 Å². The second-order valence-electron chi connectivity index (χ2n) is 13.3. The van der Waals surface area contributed by atoms with Crippen molar-refractivity contribution in [1.29, 1.82) is 0 Å². The Hall–Kier alpha value is -3.47. The summed E-state index contributed by atoms with van der Waals surface area (Å²) < 4.78 is 11.5.